The van der Waals surface area contributed by atoms with Crippen molar-refractivity contribution in [2.45, 2.75) is 6.42 Å². The van der Waals surface area contributed by atoms with Crippen LogP contribution in [0.3, 0.4) is 0 Å². The first kappa shape index (κ1) is 19.5. The average Bonchev–Trinajstić information content (AvgIpc) is 2.62. The molecule has 0 radical (unpaired) electrons. The van der Waals surface area contributed by atoms with E-state index in [-0.39, 0.29) is 6.79 Å². The summed E-state index contributed by atoms with van der Waals surface area (Å²) in [5.41, 5.74) is 25.3. The molecule has 2 rings (SSSR count). The summed E-state index contributed by atoms with van der Waals surface area (Å²) in [5.74, 6) is 1.13. The Kier molecular flexibility index (Phi) is 7.66. The van der Waals surface area contributed by atoms with E-state index in [0.717, 1.165) is 0 Å². The van der Waals surface area contributed by atoms with Gasteiger partial charge in [-0.2, -0.15) is 0 Å². The molecule has 0 bridgehead atoms. The molecule has 8 N–H and O–H groups in total. The molecule has 0 aromatic heterocycles. The van der Waals surface area contributed by atoms with Crippen molar-refractivity contribution >= 4 is 22.7 Å². The van der Waals surface area contributed by atoms with Gasteiger partial charge in [-0.15, -0.1) is 0 Å². The summed E-state index contributed by atoms with van der Waals surface area (Å²) >= 11 is 0. The first-order valence-corrected chi connectivity index (χ1v) is 8.27. The number of rotatable bonds is 11. The molecule has 0 heterocycles. The van der Waals surface area contributed by atoms with E-state index in [4.69, 9.17) is 41.9 Å². The third-order valence-electron chi connectivity index (χ3n) is 3.42. The second-order valence-electron chi connectivity index (χ2n) is 5.58. The molecule has 8 heteroatoms. The van der Waals surface area contributed by atoms with E-state index in [9.17, 15) is 0 Å². The number of nitrogen functional groups attached to an aromatic ring is 4. The van der Waals surface area contributed by atoms with Gasteiger partial charge in [-0.1, -0.05) is 0 Å². The van der Waals surface area contributed by atoms with Crippen LogP contribution >= 0.6 is 0 Å². The molecule has 0 saturated carbocycles. The lowest BCUT2D eigenvalue weighted by Crippen LogP contribution is -2.11. The molecule has 2 aromatic rings. The molecule has 0 fully saturated rings. The van der Waals surface area contributed by atoms with Crippen molar-refractivity contribution in [2.24, 2.45) is 0 Å². The number of anilines is 4. The van der Waals surface area contributed by atoms with Crippen molar-refractivity contribution in [1.29, 1.82) is 0 Å². The fourth-order valence-corrected chi connectivity index (χ4v) is 2.08. The third kappa shape index (κ3) is 6.58. The number of nitrogens with two attached hydrogens (primary N) is 4. The van der Waals surface area contributed by atoms with Crippen molar-refractivity contribution in [1.82, 2.24) is 0 Å². The standard InChI is InChI=1S/C18H26N4O4/c19-13-2-4-15(21)17(10-13)25-7-1-6-23-12-24-8-9-26-18-11-14(20)3-5-16(18)22/h2-5,10-11H,1,6-9,12,19-22H2. The van der Waals surface area contributed by atoms with Gasteiger partial charge >= 0.3 is 0 Å². The first-order valence-electron chi connectivity index (χ1n) is 8.27. The van der Waals surface area contributed by atoms with Crippen LogP contribution in [0.25, 0.3) is 0 Å². The second kappa shape index (κ2) is 10.2. The molecule has 0 aliphatic carbocycles. The van der Waals surface area contributed by atoms with Crippen LogP contribution in [0, 0.1) is 0 Å². The fourth-order valence-electron chi connectivity index (χ4n) is 2.08. The van der Waals surface area contributed by atoms with Gasteiger partial charge in [0.05, 0.1) is 31.2 Å². The molecule has 0 aliphatic heterocycles. The van der Waals surface area contributed by atoms with E-state index in [1.54, 1.807) is 36.4 Å². The highest BCUT2D eigenvalue weighted by Gasteiger charge is 2.02. The Morgan fingerprint density at radius 1 is 0.615 bits per heavy atom. The van der Waals surface area contributed by atoms with Crippen molar-refractivity contribution in [3.63, 3.8) is 0 Å². The van der Waals surface area contributed by atoms with Crippen molar-refractivity contribution < 1.29 is 18.9 Å². The molecular weight excluding hydrogens is 336 g/mol. The highest BCUT2D eigenvalue weighted by atomic mass is 16.7. The van der Waals surface area contributed by atoms with Gasteiger partial charge in [0.15, 0.2) is 0 Å². The van der Waals surface area contributed by atoms with Crippen molar-refractivity contribution in [3.8, 4) is 11.5 Å². The van der Waals surface area contributed by atoms with E-state index in [1.807, 2.05) is 0 Å². The highest BCUT2D eigenvalue weighted by Crippen LogP contribution is 2.24. The van der Waals surface area contributed by atoms with Crippen LogP contribution in [0.2, 0.25) is 0 Å². The van der Waals surface area contributed by atoms with E-state index < -0.39 is 0 Å². The first-order chi connectivity index (χ1) is 12.6. The smallest absolute Gasteiger partial charge is 0.146 e. The maximum Gasteiger partial charge on any atom is 0.146 e. The van der Waals surface area contributed by atoms with Gasteiger partial charge in [0.1, 0.15) is 24.9 Å². The highest BCUT2D eigenvalue weighted by molar-refractivity contribution is 5.60. The minimum Gasteiger partial charge on any atom is -0.491 e. The van der Waals surface area contributed by atoms with Crippen LogP contribution in [-0.4, -0.2) is 33.2 Å². The molecule has 0 aliphatic rings. The largest absolute Gasteiger partial charge is 0.491 e. The molecule has 26 heavy (non-hydrogen) atoms. The molecule has 142 valence electrons. The molecular formula is C18H26N4O4. The molecule has 0 saturated heterocycles. The van der Waals surface area contributed by atoms with E-state index in [2.05, 4.69) is 0 Å². The van der Waals surface area contributed by atoms with Gasteiger partial charge < -0.3 is 41.9 Å². The molecule has 2 aromatic carbocycles. The van der Waals surface area contributed by atoms with Crippen molar-refractivity contribution in [3.05, 3.63) is 36.4 Å². The lowest BCUT2D eigenvalue weighted by atomic mass is 10.2. The lowest BCUT2D eigenvalue weighted by Gasteiger charge is -2.11. The maximum absolute atomic E-state index is 5.80. The van der Waals surface area contributed by atoms with Crippen LogP contribution in [0.15, 0.2) is 36.4 Å². The Labute approximate surface area is 152 Å². The van der Waals surface area contributed by atoms with Crippen LogP contribution in [0.1, 0.15) is 6.42 Å². The third-order valence-corrected chi connectivity index (χ3v) is 3.42. The lowest BCUT2D eigenvalue weighted by molar-refractivity contribution is -0.0622. The summed E-state index contributed by atoms with van der Waals surface area (Å²) in [5, 5.41) is 0. The maximum atomic E-state index is 5.80. The Morgan fingerprint density at radius 3 is 1.77 bits per heavy atom. The summed E-state index contributed by atoms with van der Waals surface area (Å²) in [6, 6.07) is 10.2. The summed E-state index contributed by atoms with van der Waals surface area (Å²) in [7, 11) is 0. The van der Waals surface area contributed by atoms with Gasteiger partial charge in [0.25, 0.3) is 0 Å². The predicted molar refractivity (Wildman–Crippen MR) is 103 cm³/mol. The average molecular weight is 362 g/mol. The zero-order chi connectivity index (χ0) is 18.8. The molecule has 0 spiro atoms. The Bertz CT molecular complexity index is 637. The normalized spacial score (nSPS) is 10.6. The Hall–Kier alpha value is -2.84. The Balaban J connectivity index is 1.48. The minimum absolute atomic E-state index is 0.177. The van der Waals surface area contributed by atoms with Gasteiger partial charge in [-0.05, 0) is 24.3 Å². The van der Waals surface area contributed by atoms with Gasteiger partial charge in [0, 0.05) is 29.9 Å². The van der Waals surface area contributed by atoms with E-state index >= 15 is 0 Å². The Morgan fingerprint density at radius 2 is 1.15 bits per heavy atom. The minimum atomic E-state index is 0.177. The fraction of sp³-hybridized carbons (Fsp3) is 0.333. The topological polar surface area (TPSA) is 141 Å². The summed E-state index contributed by atoms with van der Waals surface area (Å²) < 4.78 is 21.8. The summed E-state index contributed by atoms with van der Waals surface area (Å²) in [4.78, 5) is 0. The molecule has 0 atom stereocenters. The van der Waals surface area contributed by atoms with Crippen LogP contribution in [0.5, 0.6) is 11.5 Å². The second-order valence-corrected chi connectivity index (χ2v) is 5.58. The van der Waals surface area contributed by atoms with E-state index in [0.29, 0.717) is 67.1 Å². The van der Waals surface area contributed by atoms with Crippen LogP contribution in [-0.2, 0) is 9.47 Å². The van der Waals surface area contributed by atoms with E-state index in [1.165, 1.54) is 0 Å². The van der Waals surface area contributed by atoms with Crippen LogP contribution in [0.4, 0.5) is 22.7 Å². The quantitative estimate of drug-likeness (QED) is 0.270. The van der Waals surface area contributed by atoms with Gasteiger partial charge in [-0.25, -0.2) is 0 Å². The zero-order valence-corrected chi connectivity index (χ0v) is 14.6. The number of benzene rings is 2. The summed E-state index contributed by atoms with van der Waals surface area (Å²) in [6.07, 6.45) is 0.702. The monoisotopic (exact) mass is 362 g/mol. The number of hydrogen-bond acceptors (Lipinski definition) is 8. The molecule has 8 nitrogen and oxygen atoms in total. The van der Waals surface area contributed by atoms with Crippen LogP contribution < -0.4 is 32.4 Å². The predicted octanol–water partition coefficient (Wildman–Crippen LogP) is 1.85. The van der Waals surface area contributed by atoms with Gasteiger partial charge in [0.2, 0.25) is 0 Å². The number of hydrogen-bond donors (Lipinski definition) is 4. The van der Waals surface area contributed by atoms with Gasteiger partial charge in [-0.3, -0.25) is 0 Å². The zero-order valence-electron chi connectivity index (χ0n) is 14.6. The SMILES string of the molecule is Nc1ccc(N)c(OCCCOCOCCOc2cc(N)ccc2N)c1. The molecule has 0 unspecified atom stereocenters. The molecule has 0 amide bonds. The number of ether oxygens (including phenoxy) is 4. The summed E-state index contributed by atoms with van der Waals surface area (Å²) in [6.45, 7) is 1.90. The van der Waals surface area contributed by atoms with Crippen molar-refractivity contribution in [2.75, 3.05) is 56.2 Å².